The number of amides is 2. The van der Waals surface area contributed by atoms with Crippen LogP contribution in [0.4, 0.5) is 0 Å². The third kappa shape index (κ3) is 5.19. The largest absolute Gasteiger partial charge is 0.481 e. The van der Waals surface area contributed by atoms with E-state index >= 15 is 0 Å². The van der Waals surface area contributed by atoms with E-state index in [1.807, 2.05) is 0 Å². The SMILES string of the molecule is O=C(O)CCN(CCC(=O)O)CCN1C(=O)C=CC1=O. The lowest BCUT2D eigenvalue weighted by atomic mass is 10.3. The Morgan fingerprint density at radius 1 is 0.950 bits per heavy atom. The second-order valence-corrected chi connectivity index (χ2v) is 4.29. The minimum absolute atomic E-state index is 0.115. The Kier molecular flexibility index (Phi) is 5.85. The van der Waals surface area contributed by atoms with Crippen LogP contribution in [0.15, 0.2) is 12.2 Å². The average molecular weight is 284 g/mol. The van der Waals surface area contributed by atoms with Crippen molar-refractivity contribution >= 4 is 23.8 Å². The van der Waals surface area contributed by atoms with Crippen LogP contribution in [0.1, 0.15) is 12.8 Å². The van der Waals surface area contributed by atoms with Gasteiger partial charge in [0.25, 0.3) is 11.8 Å². The van der Waals surface area contributed by atoms with Crippen LogP contribution in [0, 0.1) is 0 Å². The van der Waals surface area contributed by atoms with Crippen molar-refractivity contribution in [2.75, 3.05) is 26.2 Å². The van der Waals surface area contributed by atoms with Gasteiger partial charge in [0, 0.05) is 38.3 Å². The van der Waals surface area contributed by atoms with Crippen LogP contribution < -0.4 is 0 Å². The van der Waals surface area contributed by atoms with Gasteiger partial charge in [-0.1, -0.05) is 0 Å². The van der Waals surface area contributed by atoms with Gasteiger partial charge in [-0.05, 0) is 0 Å². The molecule has 0 aromatic rings. The van der Waals surface area contributed by atoms with Gasteiger partial charge in [0.15, 0.2) is 0 Å². The van der Waals surface area contributed by atoms with Gasteiger partial charge in [-0.2, -0.15) is 0 Å². The molecule has 0 aromatic heterocycles. The highest BCUT2D eigenvalue weighted by Gasteiger charge is 2.23. The van der Waals surface area contributed by atoms with Gasteiger partial charge in [0.05, 0.1) is 12.8 Å². The molecule has 1 aliphatic heterocycles. The van der Waals surface area contributed by atoms with Gasteiger partial charge in [-0.15, -0.1) is 0 Å². The first kappa shape index (κ1) is 15.8. The van der Waals surface area contributed by atoms with Crippen molar-refractivity contribution in [3.8, 4) is 0 Å². The Hall–Kier alpha value is -2.22. The number of carboxylic acid groups (broad SMARTS) is 2. The van der Waals surface area contributed by atoms with Crippen LogP contribution in [-0.2, 0) is 19.2 Å². The van der Waals surface area contributed by atoms with Crippen molar-refractivity contribution in [3.05, 3.63) is 12.2 Å². The van der Waals surface area contributed by atoms with Crippen molar-refractivity contribution in [1.82, 2.24) is 9.80 Å². The molecule has 1 heterocycles. The van der Waals surface area contributed by atoms with E-state index in [-0.39, 0.29) is 39.0 Å². The monoisotopic (exact) mass is 284 g/mol. The lowest BCUT2D eigenvalue weighted by Gasteiger charge is -2.23. The number of carbonyl (C=O) groups excluding carboxylic acids is 2. The summed E-state index contributed by atoms with van der Waals surface area (Å²) in [6.07, 6.45) is 2.09. The van der Waals surface area contributed by atoms with Crippen molar-refractivity contribution in [3.63, 3.8) is 0 Å². The fourth-order valence-corrected chi connectivity index (χ4v) is 1.74. The molecule has 1 rings (SSSR count). The molecular weight excluding hydrogens is 268 g/mol. The highest BCUT2D eigenvalue weighted by atomic mass is 16.4. The molecule has 0 saturated carbocycles. The third-order valence-electron chi connectivity index (χ3n) is 2.82. The summed E-state index contributed by atoms with van der Waals surface area (Å²) < 4.78 is 0. The molecular formula is C12H16N2O6. The van der Waals surface area contributed by atoms with Crippen LogP contribution in [-0.4, -0.2) is 69.9 Å². The Balaban J connectivity index is 2.46. The molecule has 0 aliphatic carbocycles. The molecule has 1 aliphatic rings. The van der Waals surface area contributed by atoms with E-state index in [1.165, 1.54) is 12.2 Å². The smallest absolute Gasteiger partial charge is 0.304 e. The maximum atomic E-state index is 11.3. The fraction of sp³-hybridized carbons (Fsp3) is 0.500. The van der Waals surface area contributed by atoms with Gasteiger partial charge in [-0.25, -0.2) is 0 Å². The van der Waals surface area contributed by atoms with Crippen LogP contribution in [0.2, 0.25) is 0 Å². The molecule has 0 aromatic carbocycles. The minimum Gasteiger partial charge on any atom is -0.481 e. The van der Waals surface area contributed by atoms with Gasteiger partial charge in [0.1, 0.15) is 0 Å². The second-order valence-electron chi connectivity index (χ2n) is 4.29. The molecule has 8 nitrogen and oxygen atoms in total. The molecule has 0 saturated heterocycles. The van der Waals surface area contributed by atoms with Crippen LogP contribution in [0.5, 0.6) is 0 Å². The van der Waals surface area contributed by atoms with Gasteiger partial charge in [0.2, 0.25) is 0 Å². The summed E-state index contributed by atoms with van der Waals surface area (Å²) in [5.74, 6) is -2.79. The van der Waals surface area contributed by atoms with Gasteiger partial charge in [-0.3, -0.25) is 24.1 Å². The topological polar surface area (TPSA) is 115 Å². The van der Waals surface area contributed by atoms with E-state index < -0.39 is 23.8 Å². The number of hydrogen-bond donors (Lipinski definition) is 2. The highest BCUT2D eigenvalue weighted by Crippen LogP contribution is 2.04. The number of nitrogens with zero attached hydrogens (tertiary/aromatic N) is 2. The first-order chi connectivity index (χ1) is 9.40. The molecule has 0 radical (unpaired) electrons. The number of hydrogen-bond acceptors (Lipinski definition) is 5. The fourth-order valence-electron chi connectivity index (χ4n) is 1.74. The highest BCUT2D eigenvalue weighted by molar-refractivity contribution is 6.12. The van der Waals surface area contributed by atoms with E-state index in [9.17, 15) is 19.2 Å². The molecule has 110 valence electrons. The Bertz CT molecular complexity index is 409. The second kappa shape index (κ2) is 7.39. The van der Waals surface area contributed by atoms with E-state index in [1.54, 1.807) is 4.90 Å². The molecule has 8 heteroatoms. The standard InChI is InChI=1S/C12H16N2O6/c15-9-1-2-10(16)14(9)8-7-13(5-3-11(17)18)6-4-12(19)20/h1-2H,3-8H2,(H,17,18)(H,19,20). The molecule has 0 bridgehead atoms. The van der Waals surface area contributed by atoms with Gasteiger partial charge < -0.3 is 15.1 Å². The zero-order valence-electron chi connectivity index (χ0n) is 10.8. The number of aliphatic carboxylic acids is 2. The van der Waals surface area contributed by atoms with Crippen molar-refractivity contribution in [1.29, 1.82) is 0 Å². The van der Waals surface area contributed by atoms with Crippen molar-refractivity contribution in [2.45, 2.75) is 12.8 Å². The maximum absolute atomic E-state index is 11.3. The average Bonchev–Trinajstić information content (AvgIpc) is 2.68. The first-order valence-electron chi connectivity index (χ1n) is 6.09. The molecule has 2 N–H and O–H groups in total. The molecule has 0 unspecified atom stereocenters. The molecule has 0 fully saturated rings. The summed E-state index contributed by atoms with van der Waals surface area (Å²) in [4.78, 5) is 46.4. The summed E-state index contributed by atoms with van der Waals surface area (Å²) in [5, 5.41) is 17.3. The van der Waals surface area contributed by atoms with Crippen molar-refractivity contribution in [2.24, 2.45) is 0 Å². The molecule has 2 amide bonds. The van der Waals surface area contributed by atoms with E-state index in [2.05, 4.69) is 0 Å². The van der Waals surface area contributed by atoms with Crippen molar-refractivity contribution < 1.29 is 29.4 Å². The molecule has 20 heavy (non-hydrogen) atoms. The minimum atomic E-state index is -0.986. The Morgan fingerprint density at radius 3 is 1.80 bits per heavy atom. The number of rotatable bonds is 9. The normalized spacial score (nSPS) is 14.3. The van der Waals surface area contributed by atoms with Crippen LogP contribution in [0.3, 0.4) is 0 Å². The quantitative estimate of drug-likeness (QED) is 0.530. The number of carboxylic acids is 2. The lowest BCUT2D eigenvalue weighted by Crippen LogP contribution is -2.39. The zero-order chi connectivity index (χ0) is 15.1. The van der Waals surface area contributed by atoms with E-state index in [4.69, 9.17) is 10.2 Å². The zero-order valence-corrected chi connectivity index (χ0v) is 10.8. The summed E-state index contributed by atoms with van der Waals surface area (Å²) in [7, 11) is 0. The Morgan fingerprint density at radius 2 is 1.40 bits per heavy atom. The van der Waals surface area contributed by atoms with Crippen LogP contribution >= 0.6 is 0 Å². The summed E-state index contributed by atoms with van der Waals surface area (Å²) in [6.45, 7) is 0.710. The lowest BCUT2D eigenvalue weighted by molar-refractivity contribution is -0.140. The molecule has 0 atom stereocenters. The van der Waals surface area contributed by atoms with Gasteiger partial charge >= 0.3 is 11.9 Å². The van der Waals surface area contributed by atoms with E-state index in [0.717, 1.165) is 4.90 Å². The van der Waals surface area contributed by atoms with E-state index in [0.29, 0.717) is 0 Å². The van der Waals surface area contributed by atoms with Crippen LogP contribution in [0.25, 0.3) is 0 Å². The first-order valence-corrected chi connectivity index (χ1v) is 6.09. The maximum Gasteiger partial charge on any atom is 0.304 e. The Labute approximate surface area is 115 Å². The molecule has 0 spiro atoms. The summed E-state index contributed by atoms with van der Waals surface area (Å²) in [6, 6.07) is 0. The number of imide groups is 1. The predicted molar refractivity (Wildman–Crippen MR) is 66.8 cm³/mol. The predicted octanol–water partition coefficient (Wildman–Crippen LogP) is -0.837. The summed E-state index contributed by atoms with van der Waals surface area (Å²) >= 11 is 0. The third-order valence-corrected chi connectivity index (χ3v) is 2.82. The summed E-state index contributed by atoms with van der Waals surface area (Å²) in [5.41, 5.74) is 0. The number of carbonyl (C=O) groups is 4.